The van der Waals surface area contributed by atoms with Gasteiger partial charge in [-0.1, -0.05) is 31.0 Å². The maximum absolute atomic E-state index is 9.09. The van der Waals surface area contributed by atoms with Gasteiger partial charge in [0, 0.05) is 30.9 Å². The van der Waals surface area contributed by atoms with Crippen LogP contribution in [-0.4, -0.2) is 36.0 Å². The highest BCUT2D eigenvalue weighted by molar-refractivity contribution is 5.95. The minimum absolute atomic E-state index is 0.436. The molecule has 1 saturated heterocycles. The molecule has 22 heavy (non-hydrogen) atoms. The van der Waals surface area contributed by atoms with Gasteiger partial charge in [-0.15, -0.1) is 4.99 Å². The third kappa shape index (κ3) is 3.07. The molecule has 1 aliphatic carbocycles. The van der Waals surface area contributed by atoms with E-state index >= 15 is 0 Å². The lowest BCUT2D eigenvalue weighted by atomic mass is 9.88. The Morgan fingerprint density at radius 3 is 3.00 bits per heavy atom. The highest BCUT2D eigenvalue weighted by atomic mass is 15.3. The average Bonchev–Trinajstić information content (AvgIpc) is 2.56. The van der Waals surface area contributed by atoms with E-state index in [1.807, 2.05) is 24.4 Å². The number of piperazine rings is 1. The first kappa shape index (κ1) is 14.9. The summed E-state index contributed by atoms with van der Waals surface area (Å²) in [6, 6.07) is 9.07. The second-order valence-corrected chi connectivity index (χ2v) is 6.08. The molecule has 1 aliphatic heterocycles. The zero-order valence-corrected chi connectivity index (χ0v) is 13.0. The summed E-state index contributed by atoms with van der Waals surface area (Å²) in [4.78, 5) is 6.37. The molecule has 0 aromatic heterocycles. The molecule has 116 valence electrons. The van der Waals surface area contributed by atoms with Gasteiger partial charge in [-0.05, 0) is 31.4 Å². The van der Waals surface area contributed by atoms with Crippen molar-refractivity contribution in [1.29, 1.82) is 5.26 Å². The van der Waals surface area contributed by atoms with Crippen LogP contribution in [0.1, 0.15) is 31.2 Å². The number of anilines is 1. The van der Waals surface area contributed by atoms with E-state index in [2.05, 4.69) is 33.5 Å². The SMILES string of the molecule is Cc1ccccc1N/C(=N/C#N)N1CCN[C@@H]2CCCC[C@H]21. The third-order valence-electron chi connectivity index (χ3n) is 4.71. The molecule has 1 saturated carbocycles. The van der Waals surface area contributed by atoms with Gasteiger partial charge >= 0.3 is 0 Å². The van der Waals surface area contributed by atoms with Crippen LogP contribution in [0, 0.1) is 18.4 Å². The van der Waals surface area contributed by atoms with E-state index in [9.17, 15) is 0 Å². The second-order valence-electron chi connectivity index (χ2n) is 6.08. The van der Waals surface area contributed by atoms with Crippen LogP contribution in [0.5, 0.6) is 0 Å². The fourth-order valence-electron chi connectivity index (χ4n) is 3.57. The van der Waals surface area contributed by atoms with Gasteiger partial charge in [0.15, 0.2) is 0 Å². The summed E-state index contributed by atoms with van der Waals surface area (Å²) in [5.41, 5.74) is 2.17. The molecule has 2 N–H and O–H groups in total. The molecule has 2 fully saturated rings. The normalized spacial score (nSPS) is 25.3. The number of benzene rings is 1. The molecule has 0 spiro atoms. The van der Waals surface area contributed by atoms with Crippen molar-refractivity contribution < 1.29 is 0 Å². The molecule has 0 radical (unpaired) electrons. The van der Waals surface area contributed by atoms with E-state index < -0.39 is 0 Å². The van der Waals surface area contributed by atoms with Crippen LogP contribution < -0.4 is 10.6 Å². The number of nitrogens with one attached hydrogen (secondary N) is 2. The van der Waals surface area contributed by atoms with Crippen molar-refractivity contribution in [2.24, 2.45) is 4.99 Å². The molecular weight excluding hydrogens is 274 g/mol. The summed E-state index contributed by atoms with van der Waals surface area (Å²) in [5, 5.41) is 16.1. The number of nitriles is 1. The lowest BCUT2D eigenvalue weighted by Crippen LogP contribution is -2.61. The Balaban J connectivity index is 1.83. The Morgan fingerprint density at radius 1 is 1.36 bits per heavy atom. The van der Waals surface area contributed by atoms with Crippen LogP contribution >= 0.6 is 0 Å². The lowest BCUT2D eigenvalue weighted by Gasteiger charge is -2.45. The summed E-state index contributed by atoms with van der Waals surface area (Å²) < 4.78 is 0. The van der Waals surface area contributed by atoms with E-state index in [1.54, 1.807) is 0 Å². The minimum Gasteiger partial charge on any atom is -0.336 e. The molecule has 1 aromatic carbocycles. The van der Waals surface area contributed by atoms with Crippen molar-refractivity contribution in [2.75, 3.05) is 18.4 Å². The van der Waals surface area contributed by atoms with Crippen molar-refractivity contribution in [1.82, 2.24) is 10.2 Å². The van der Waals surface area contributed by atoms with Gasteiger partial charge in [0.2, 0.25) is 12.2 Å². The zero-order chi connectivity index (χ0) is 15.4. The number of hydrogen-bond acceptors (Lipinski definition) is 3. The fraction of sp³-hybridized carbons (Fsp3) is 0.529. The molecule has 2 aliphatic rings. The van der Waals surface area contributed by atoms with Gasteiger partial charge in [-0.3, -0.25) is 0 Å². The lowest BCUT2D eigenvalue weighted by molar-refractivity contribution is 0.152. The van der Waals surface area contributed by atoms with Crippen LogP contribution in [0.15, 0.2) is 29.3 Å². The van der Waals surface area contributed by atoms with Gasteiger partial charge < -0.3 is 15.5 Å². The molecule has 0 bridgehead atoms. The van der Waals surface area contributed by atoms with Crippen LogP contribution in [0.3, 0.4) is 0 Å². The van der Waals surface area contributed by atoms with Crippen molar-refractivity contribution in [3.8, 4) is 6.19 Å². The molecule has 0 amide bonds. The highest BCUT2D eigenvalue weighted by Gasteiger charge is 2.34. The van der Waals surface area contributed by atoms with Crippen LogP contribution in [0.2, 0.25) is 0 Å². The Morgan fingerprint density at radius 2 is 2.18 bits per heavy atom. The number of nitrogens with zero attached hydrogens (tertiary/aromatic N) is 3. The quantitative estimate of drug-likeness (QED) is 0.475. The Kier molecular flexibility index (Phi) is 4.59. The molecular formula is C17H23N5. The summed E-state index contributed by atoms with van der Waals surface area (Å²) >= 11 is 0. The molecule has 0 unspecified atom stereocenters. The monoisotopic (exact) mass is 297 g/mol. The number of guanidine groups is 1. The van der Waals surface area contributed by atoms with Crippen molar-refractivity contribution >= 4 is 11.6 Å². The number of aryl methyl sites for hydroxylation is 1. The van der Waals surface area contributed by atoms with Gasteiger partial charge in [0.25, 0.3) is 0 Å². The van der Waals surface area contributed by atoms with E-state index in [4.69, 9.17) is 5.26 Å². The van der Waals surface area contributed by atoms with Crippen molar-refractivity contribution in [2.45, 2.75) is 44.7 Å². The largest absolute Gasteiger partial charge is 0.336 e. The number of hydrogen-bond donors (Lipinski definition) is 2. The van der Waals surface area contributed by atoms with E-state index in [0.29, 0.717) is 18.0 Å². The number of rotatable bonds is 1. The topological polar surface area (TPSA) is 63.5 Å². The average molecular weight is 297 g/mol. The predicted molar refractivity (Wildman–Crippen MR) is 88.6 cm³/mol. The first-order valence-electron chi connectivity index (χ1n) is 8.09. The molecule has 1 heterocycles. The summed E-state index contributed by atoms with van der Waals surface area (Å²) in [6.45, 7) is 3.90. The fourth-order valence-corrected chi connectivity index (χ4v) is 3.57. The second kappa shape index (κ2) is 6.80. The Bertz CT molecular complexity index is 587. The maximum Gasteiger partial charge on any atom is 0.214 e. The smallest absolute Gasteiger partial charge is 0.214 e. The number of fused-ring (bicyclic) bond motifs is 1. The van der Waals surface area contributed by atoms with Gasteiger partial charge in [-0.2, -0.15) is 5.26 Å². The Hall–Kier alpha value is -2.06. The van der Waals surface area contributed by atoms with E-state index in [-0.39, 0.29) is 0 Å². The van der Waals surface area contributed by atoms with E-state index in [1.165, 1.54) is 19.3 Å². The molecule has 2 atom stereocenters. The summed E-state index contributed by atoms with van der Waals surface area (Å²) in [7, 11) is 0. The first-order chi connectivity index (χ1) is 10.8. The molecule has 5 heteroatoms. The van der Waals surface area contributed by atoms with Crippen molar-refractivity contribution in [3.63, 3.8) is 0 Å². The Labute approximate surface area is 132 Å². The highest BCUT2D eigenvalue weighted by Crippen LogP contribution is 2.26. The minimum atomic E-state index is 0.436. The third-order valence-corrected chi connectivity index (χ3v) is 4.71. The maximum atomic E-state index is 9.09. The first-order valence-corrected chi connectivity index (χ1v) is 8.09. The number of aliphatic imine (C=N–C) groups is 1. The van der Waals surface area contributed by atoms with Crippen LogP contribution in [0.25, 0.3) is 0 Å². The molecule has 5 nitrogen and oxygen atoms in total. The van der Waals surface area contributed by atoms with Gasteiger partial charge in [0.05, 0.1) is 0 Å². The van der Waals surface area contributed by atoms with Gasteiger partial charge in [0.1, 0.15) is 0 Å². The summed E-state index contributed by atoms with van der Waals surface area (Å²) in [6.07, 6.45) is 6.88. The molecule has 3 rings (SSSR count). The predicted octanol–water partition coefficient (Wildman–Crippen LogP) is 2.46. The van der Waals surface area contributed by atoms with Crippen LogP contribution in [0.4, 0.5) is 5.69 Å². The standard InChI is InChI=1S/C17H23N5/c1-13-6-2-3-7-14(13)21-17(20-12-18)22-11-10-19-15-8-4-5-9-16(15)22/h2-3,6-7,15-16,19H,4-5,8-11H2,1H3,(H,20,21)/t15-,16-/m1/s1. The molecule has 1 aromatic rings. The van der Waals surface area contributed by atoms with Gasteiger partial charge in [-0.25, -0.2) is 0 Å². The zero-order valence-electron chi connectivity index (χ0n) is 13.0. The van der Waals surface area contributed by atoms with Crippen LogP contribution in [-0.2, 0) is 0 Å². The summed E-state index contributed by atoms with van der Waals surface area (Å²) in [5.74, 6) is 0.690. The van der Waals surface area contributed by atoms with E-state index in [0.717, 1.165) is 30.8 Å². The number of para-hydroxylation sites is 1. The van der Waals surface area contributed by atoms with Crippen molar-refractivity contribution in [3.05, 3.63) is 29.8 Å².